The highest BCUT2D eigenvalue weighted by Gasteiger charge is 2.09. The number of thiazole rings is 1. The van der Waals surface area contributed by atoms with Gasteiger partial charge in [-0.05, 0) is 31.2 Å². The number of guanidine groups is 1. The molecule has 2 N–H and O–H groups in total. The molecule has 0 spiro atoms. The lowest BCUT2D eigenvalue weighted by Crippen LogP contribution is -2.16. The van der Waals surface area contributed by atoms with Crippen molar-refractivity contribution in [1.29, 1.82) is 0 Å². The van der Waals surface area contributed by atoms with Gasteiger partial charge in [-0.25, -0.2) is 14.8 Å². The Morgan fingerprint density at radius 1 is 1.15 bits per heavy atom. The predicted octanol–water partition coefficient (Wildman–Crippen LogP) is 3.86. The molecule has 0 fully saturated rings. The summed E-state index contributed by atoms with van der Waals surface area (Å²) in [5.41, 5.74) is 7.65. The predicted molar refractivity (Wildman–Crippen MR) is 106 cm³/mol. The van der Waals surface area contributed by atoms with E-state index in [0.29, 0.717) is 22.0 Å². The fourth-order valence-electron chi connectivity index (χ4n) is 2.58. The second-order valence-electron chi connectivity index (χ2n) is 5.62. The van der Waals surface area contributed by atoms with Crippen LogP contribution in [-0.2, 0) is 0 Å². The van der Waals surface area contributed by atoms with Crippen LogP contribution in [0, 0.1) is 0 Å². The van der Waals surface area contributed by atoms with Crippen LogP contribution in [0.4, 0.5) is 5.13 Å². The van der Waals surface area contributed by atoms with E-state index in [1.807, 2.05) is 42.5 Å². The molecular weight excluding hydrogens is 348 g/mol. The maximum Gasteiger partial charge on any atom is 0.345 e. The molecule has 26 heavy (non-hydrogen) atoms. The van der Waals surface area contributed by atoms with Gasteiger partial charge in [-0.3, -0.25) is 0 Å². The van der Waals surface area contributed by atoms with Gasteiger partial charge in [-0.2, -0.15) is 4.99 Å². The van der Waals surface area contributed by atoms with Crippen LogP contribution in [0.15, 0.2) is 73.8 Å². The van der Waals surface area contributed by atoms with Crippen molar-refractivity contribution in [1.82, 2.24) is 4.98 Å². The zero-order valence-corrected chi connectivity index (χ0v) is 14.7. The molecule has 0 atom stereocenters. The van der Waals surface area contributed by atoms with Gasteiger partial charge in [-0.15, -0.1) is 0 Å². The monoisotopic (exact) mass is 362 g/mol. The molecule has 0 unspecified atom stereocenters. The lowest BCUT2D eigenvalue weighted by atomic mass is 10.1. The van der Waals surface area contributed by atoms with Crippen LogP contribution >= 0.6 is 11.3 Å². The van der Waals surface area contributed by atoms with Gasteiger partial charge in [0.2, 0.25) is 11.1 Å². The SMILES string of the molecule is CC(=NC(N)=Nc1nc2ccccc2s1)c1cc2ccccc2oc1=O. The number of aliphatic imine (C=N–C) groups is 2. The number of nitrogens with two attached hydrogens (primary N) is 1. The molecule has 0 saturated heterocycles. The average Bonchev–Trinajstić information content (AvgIpc) is 3.02. The van der Waals surface area contributed by atoms with Gasteiger partial charge in [0, 0.05) is 5.39 Å². The third-order valence-corrected chi connectivity index (χ3v) is 4.74. The van der Waals surface area contributed by atoms with Crippen molar-refractivity contribution in [2.45, 2.75) is 6.92 Å². The van der Waals surface area contributed by atoms with E-state index in [4.69, 9.17) is 10.2 Å². The van der Waals surface area contributed by atoms with Crippen molar-refractivity contribution in [3.8, 4) is 0 Å². The Bertz CT molecular complexity index is 1200. The fourth-order valence-corrected chi connectivity index (χ4v) is 3.42. The largest absolute Gasteiger partial charge is 0.422 e. The van der Waals surface area contributed by atoms with Crippen molar-refractivity contribution in [3.63, 3.8) is 0 Å². The molecule has 2 aromatic carbocycles. The highest BCUT2D eigenvalue weighted by Crippen LogP contribution is 2.27. The van der Waals surface area contributed by atoms with E-state index in [2.05, 4.69) is 15.0 Å². The molecule has 2 heterocycles. The number of rotatable bonds is 2. The third-order valence-electron chi connectivity index (χ3n) is 3.81. The van der Waals surface area contributed by atoms with E-state index in [0.717, 1.165) is 15.6 Å². The first-order chi connectivity index (χ1) is 12.6. The third kappa shape index (κ3) is 3.12. The summed E-state index contributed by atoms with van der Waals surface area (Å²) in [4.78, 5) is 25.1. The molecule has 0 aliphatic heterocycles. The summed E-state index contributed by atoms with van der Waals surface area (Å²) in [5, 5.41) is 1.34. The van der Waals surface area contributed by atoms with Gasteiger partial charge in [0.25, 0.3) is 0 Å². The molecular formula is C19H14N4O2S. The minimum atomic E-state index is -0.460. The summed E-state index contributed by atoms with van der Waals surface area (Å²) < 4.78 is 6.35. The Kier molecular flexibility index (Phi) is 4.06. The minimum absolute atomic E-state index is 0.0362. The Balaban J connectivity index is 1.70. The summed E-state index contributed by atoms with van der Waals surface area (Å²) in [6.07, 6.45) is 0. The molecule has 4 rings (SSSR count). The standard InChI is InChI=1S/C19H14N4O2S/c1-11(13-10-12-6-2-4-8-15(12)25-17(13)24)21-18(20)23-19-22-14-7-3-5-9-16(14)26-19/h2-10H,1H3,(H2,20,22,23). The molecule has 0 amide bonds. The Morgan fingerprint density at radius 2 is 1.92 bits per heavy atom. The molecule has 0 saturated carbocycles. The van der Waals surface area contributed by atoms with E-state index in [1.165, 1.54) is 11.3 Å². The molecule has 0 aliphatic carbocycles. The van der Waals surface area contributed by atoms with Gasteiger partial charge in [0.15, 0.2) is 0 Å². The molecule has 0 radical (unpaired) electrons. The zero-order valence-electron chi connectivity index (χ0n) is 13.8. The van der Waals surface area contributed by atoms with Crippen molar-refractivity contribution in [2.24, 2.45) is 15.7 Å². The number of para-hydroxylation sites is 2. The average molecular weight is 362 g/mol. The molecule has 7 heteroatoms. The van der Waals surface area contributed by atoms with E-state index in [9.17, 15) is 4.79 Å². The highest BCUT2D eigenvalue weighted by molar-refractivity contribution is 7.22. The lowest BCUT2D eigenvalue weighted by Gasteiger charge is -2.01. The summed E-state index contributed by atoms with van der Waals surface area (Å²) >= 11 is 1.43. The minimum Gasteiger partial charge on any atom is -0.422 e. The molecule has 2 aromatic heterocycles. The zero-order chi connectivity index (χ0) is 18.1. The first-order valence-corrected chi connectivity index (χ1v) is 8.70. The summed E-state index contributed by atoms with van der Waals surface area (Å²) in [5.74, 6) is 0.0362. The Hall–Kier alpha value is -3.32. The van der Waals surface area contributed by atoms with Crippen molar-refractivity contribution < 1.29 is 4.42 Å². The van der Waals surface area contributed by atoms with Gasteiger partial charge in [0.1, 0.15) is 5.58 Å². The van der Waals surface area contributed by atoms with Crippen LogP contribution in [0.25, 0.3) is 21.2 Å². The number of nitrogens with zero attached hydrogens (tertiary/aromatic N) is 3. The second-order valence-corrected chi connectivity index (χ2v) is 6.63. The number of aromatic nitrogens is 1. The van der Waals surface area contributed by atoms with Crippen LogP contribution in [0.2, 0.25) is 0 Å². The van der Waals surface area contributed by atoms with Crippen LogP contribution in [0.3, 0.4) is 0 Å². The number of hydrogen-bond acceptors (Lipinski definition) is 5. The van der Waals surface area contributed by atoms with Crippen molar-refractivity contribution >= 4 is 49.3 Å². The number of hydrogen-bond donors (Lipinski definition) is 1. The maximum atomic E-state index is 12.2. The highest BCUT2D eigenvalue weighted by atomic mass is 32.1. The van der Waals surface area contributed by atoms with Gasteiger partial charge < -0.3 is 10.2 Å². The van der Waals surface area contributed by atoms with E-state index in [-0.39, 0.29) is 5.96 Å². The van der Waals surface area contributed by atoms with E-state index < -0.39 is 5.63 Å². The van der Waals surface area contributed by atoms with Crippen molar-refractivity contribution in [3.05, 3.63) is 70.6 Å². The van der Waals surface area contributed by atoms with Gasteiger partial charge >= 0.3 is 5.63 Å². The van der Waals surface area contributed by atoms with Gasteiger partial charge in [0.05, 0.1) is 21.5 Å². The molecule has 4 aromatic rings. The molecule has 0 aliphatic rings. The lowest BCUT2D eigenvalue weighted by molar-refractivity contribution is 0.559. The van der Waals surface area contributed by atoms with E-state index >= 15 is 0 Å². The fraction of sp³-hybridized carbons (Fsp3) is 0.0526. The first-order valence-electron chi connectivity index (χ1n) is 7.88. The second kappa shape index (κ2) is 6.53. The van der Waals surface area contributed by atoms with Crippen LogP contribution in [0.1, 0.15) is 12.5 Å². The van der Waals surface area contributed by atoms with E-state index in [1.54, 1.807) is 19.1 Å². The van der Waals surface area contributed by atoms with Crippen molar-refractivity contribution in [2.75, 3.05) is 0 Å². The normalized spacial score (nSPS) is 12.8. The quantitative estimate of drug-likeness (QED) is 0.333. The topological polar surface area (TPSA) is 93.8 Å². The van der Waals surface area contributed by atoms with Crippen LogP contribution < -0.4 is 11.4 Å². The molecule has 128 valence electrons. The van der Waals surface area contributed by atoms with Crippen LogP contribution in [-0.4, -0.2) is 16.7 Å². The summed E-state index contributed by atoms with van der Waals surface area (Å²) in [6, 6.07) is 16.8. The number of fused-ring (bicyclic) bond motifs is 2. The van der Waals surface area contributed by atoms with Crippen LogP contribution in [0.5, 0.6) is 0 Å². The number of benzene rings is 2. The first kappa shape index (κ1) is 16.2. The maximum absolute atomic E-state index is 12.2. The summed E-state index contributed by atoms with van der Waals surface area (Å²) in [7, 11) is 0. The molecule has 0 bridgehead atoms. The summed E-state index contributed by atoms with van der Waals surface area (Å²) in [6.45, 7) is 1.70. The molecule has 6 nitrogen and oxygen atoms in total. The Morgan fingerprint density at radius 3 is 2.77 bits per heavy atom. The Labute approximate surface area is 152 Å². The smallest absolute Gasteiger partial charge is 0.345 e. The van der Waals surface area contributed by atoms with Gasteiger partial charge in [-0.1, -0.05) is 41.7 Å².